The van der Waals surface area contributed by atoms with E-state index in [1.165, 1.54) is 9.80 Å². The summed E-state index contributed by atoms with van der Waals surface area (Å²) in [5.74, 6) is -1.20. The maximum absolute atomic E-state index is 12.5. The number of likely N-dealkylation sites (N-methyl/N-ethyl adjacent to an activating group) is 1. The molecule has 4 amide bonds. The van der Waals surface area contributed by atoms with Gasteiger partial charge in [0.25, 0.3) is 11.8 Å². The molecule has 1 aliphatic rings. The van der Waals surface area contributed by atoms with Crippen LogP contribution in [-0.2, 0) is 16.0 Å². The molecule has 31 heavy (non-hydrogen) atoms. The van der Waals surface area contributed by atoms with Crippen LogP contribution in [0.25, 0.3) is 0 Å². The quantitative estimate of drug-likeness (QED) is 0.579. The second kappa shape index (κ2) is 9.87. The molecule has 0 saturated carbocycles. The van der Waals surface area contributed by atoms with E-state index in [2.05, 4.69) is 21.2 Å². The van der Waals surface area contributed by atoms with E-state index in [-0.39, 0.29) is 43.1 Å². The van der Waals surface area contributed by atoms with Crippen molar-refractivity contribution in [2.75, 3.05) is 25.5 Å². The summed E-state index contributed by atoms with van der Waals surface area (Å²) >= 11 is 3.30. The number of amides is 4. The third-order valence-electron chi connectivity index (χ3n) is 5.18. The number of aryl methyl sites for hydroxylation is 1. The summed E-state index contributed by atoms with van der Waals surface area (Å²) in [5, 5.41) is 2.84. The molecule has 0 aromatic heterocycles. The Morgan fingerprint density at radius 3 is 2.52 bits per heavy atom. The second-order valence-electron chi connectivity index (χ2n) is 7.36. The number of anilines is 1. The average Bonchev–Trinajstić information content (AvgIpc) is 2.98. The number of hydrogen-bond acceptors (Lipinski definition) is 4. The Hall–Kier alpha value is -3.00. The van der Waals surface area contributed by atoms with Crippen LogP contribution in [0.1, 0.15) is 46.0 Å². The maximum atomic E-state index is 12.5. The van der Waals surface area contributed by atoms with Gasteiger partial charge in [-0.1, -0.05) is 41.1 Å². The first-order valence-corrected chi connectivity index (χ1v) is 10.9. The Balaban J connectivity index is 1.48. The predicted octanol–water partition coefficient (Wildman–Crippen LogP) is 3.48. The molecule has 2 aromatic carbocycles. The molecule has 1 N–H and O–H groups in total. The molecular weight excluding hydrogens is 462 g/mol. The van der Waals surface area contributed by atoms with E-state index >= 15 is 0 Å². The largest absolute Gasteiger partial charge is 0.336 e. The van der Waals surface area contributed by atoms with Crippen molar-refractivity contribution in [3.63, 3.8) is 0 Å². The Morgan fingerprint density at radius 1 is 1.06 bits per heavy atom. The van der Waals surface area contributed by atoms with Gasteiger partial charge in [-0.15, -0.1) is 0 Å². The fourth-order valence-electron chi connectivity index (χ4n) is 3.49. The van der Waals surface area contributed by atoms with Crippen molar-refractivity contribution in [3.05, 3.63) is 63.6 Å². The fraction of sp³-hybridized carbons (Fsp3) is 0.304. The third kappa shape index (κ3) is 5.19. The molecule has 0 fully saturated rings. The molecule has 8 heteroatoms. The molecule has 0 radical (unpaired) electrons. The molecule has 1 aliphatic heterocycles. The summed E-state index contributed by atoms with van der Waals surface area (Å²) in [6.45, 7) is 2.09. The lowest BCUT2D eigenvalue weighted by molar-refractivity contribution is -0.133. The number of hydrogen-bond donors (Lipinski definition) is 1. The van der Waals surface area contributed by atoms with Gasteiger partial charge in [0.1, 0.15) is 0 Å². The number of carbonyl (C=O) groups excluding carboxylic acids is 4. The zero-order valence-electron chi connectivity index (χ0n) is 17.5. The fourth-order valence-corrected chi connectivity index (χ4v) is 3.85. The van der Waals surface area contributed by atoms with Gasteiger partial charge in [-0.25, -0.2) is 0 Å². The van der Waals surface area contributed by atoms with Crippen LogP contribution in [0, 0.1) is 0 Å². The van der Waals surface area contributed by atoms with Crippen LogP contribution in [0.4, 0.5) is 5.69 Å². The minimum absolute atomic E-state index is 0.0715. The minimum atomic E-state index is -0.351. The SMILES string of the molecule is CCc1ccccc1NC(=O)CN(C)C(=O)CCCN1C(=O)c2ccc(Br)cc2C1=O. The number of imide groups is 1. The molecule has 0 unspecified atom stereocenters. The summed E-state index contributed by atoms with van der Waals surface area (Å²) in [5.41, 5.74) is 2.51. The van der Waals surface area contributed by atoms with Crippen molar-refractivity contribution in [1.82, 2.24) is 9.80 Å². The number of nitrogens with one attached hydrogen (secondary N) is 1. The molecule has 0 bridgehead atoms. The van der Waals surface area contributed by atoms with Crippen LogP contribution in [0.15, 0.2) is 46.9 Å². The molecule has 7 nitrogen and oxygen atoms in total. The molecule has 1 heterocycles. The normalized spacial score (nSPS) is 12.7. The summed E-state index contributed by atoms with van der Waals surface area (Å²) in [4.78, 5) is 52.1. The monoisotopic (exact) mass is 485 g/mol. The highest BCUT2D eigenvalue weighted by atomic mass is 79.9. The smallest absolute Gasteiger partial charge is 0.261 e. The van der Waals surface area contributed by atoms with Crippen molar-refractivity contribution in [1.29, 1.82) is 0 Å². The van der Waals surface area contributed by atoms with Gasteiger partial charge in [0.05, 0.1) is 17.7 Å². The van der Waals surface area contributed by atoms with Gasteiger partial charge in [-0.2, -0.15) is 0 Å². The molecule has 0 saturated heterocycles. The van der Waals surface area contributed by atoms with Crippen LogP contribution in [-0.4, -0.2) is 53.6 Å². The van der Waals surface area contributed by atoms with Gasteiger partial charge in [-0.3, -0.25) is 24.1 Å². The molecule has 3 rings (SSSR count). The van der Waals surface area contributed by atoms with Gasteiger partial charge >= 0.3 is 0 Å². The third-order valence-corrected chi connectivity index (χ3v) is 5.68. The lowest BCUT2D eigenvalue weighted by atomic mass is 10.1. The predicted molar refractivity (Wildman–Crippen MR) is 121 cm³/mol. The molecule has 162 valence electrons. The molecule has 0 atom stereocenters. The molecule has 0 spiro atoms. The average molecular weight is 486 g/mol. The van der Waals surface area contributed by atoms with E-state index in [4.69, 9.17) is 0 Å². The first kappa shape index (κ1) is 22.7. The standard InChI is InChI=1S/C23H24BrN3O4/c1-3-15-7-4-5-8-19(15)25-20(28)14-26(2)21(29)9-6-12-27-22(30)17-11-10-16(24)13-18(17)23(27)31/h4-5,7-8,10-11,13H,3,6,9,12,14H2,1-2H3,(H,25,28). The maximum Gasteiger partial charge on any atom is 0.261 e. The lowest BCUT2D eigenvalue weighted by Crippen LogP contribution is -2.36. The Bertz CT molecular complexity index is 1040. The number of halogens is 1. The summed E-state index contributed by atoms with van der Waals surface area (Å²) in [7, 11) is 1.56. The Morgan fingerprint density at radius 2 is 1.77 bits per heavy atom. The van der Waals surface area contributed by atoms with E-state index in [0.29, 0.717) is 17.5 Å². The van der Waals surface area contributed by atoms with Gasteiger partial charge in [0.15, 0.2) is 0 Å². The lowest BCUT2D eigenvalue weighted by Gasteiger charge is -2.18. The number of para-hydroxylation sites is 1. The number of nitrogens with zero attached hydrogens (tertiary/aromatic N) is 2. The van der Waals surface area contributed by atoms with Gasteiger partial charge < -0.3 is 10.2 Å². The van der Waals surface area contributed by atoms with Crippen molar-refractivity contribution in [2.45, 2.75) is 26.2 Å². The Kier molecular flexibility index (Phi) is 7.22. The highest BCUT2D eigenvalue weighted by molar-refractivity contribution is 9.10. The molecule has 0 aliphatic carbocycles. The van der Waals surface area contributed by atoms with E-state index in [1.807, 2.05) is 31.2 Å². The summed E-state index contributed by atoms with van der Waals surface area (Å²) in [6, 6.07) is 12.5. The van der Waals surface area contributed by atoms with Crippen LogP contribution in [0.3, 0.4) is 0 Å². The summed E-state index contributed by atoms with van der Waals surface area (Å²) < 4.78 is 0.728. The zero-order chi connectivity index (χ0) is 22.5. The van der Waals surface area contributed by atoms with Crippen LogP contribution in [0.2, 0.25) is 0 Å². The van der Waals surface area contributed by atoms with Crippen molar-refractivity contribution in [3.8, 4) is 0 Å². The summed E-state index contributed by atoms with van der Waals surface area (Å²) in [6.07, 6.45) is 1.25. The van der Waals surface area contributed by atoms with Crippen molar-refractivity contribution in [2.24, 2.45) is 0 Å². The molecular formula is C23H24BrN3O4. The Labute approximate surface area is 189 Å². The van der Waals surface area contributed by atoms with Crippen molar-refractivity contribution >= 4 is 45.2 Å². The van der Waals surface area contributed by atoms with Gasteiger partial charge in [-0.05, 0) is 42.7 Å². The second-order valence-corrected chi connectivity index (χ2v) is 8.28. The number of fused-ring (bicyclic) bond motifs is 1. The first-order chi connectivity index (χ1) is 14.8. The molecule has 2 aromatic rings. The number of benzene rings is 2. The van der Waals surface area contributed by atoms with E-state index in [1.54, 1.807) is 25.2 Å². The van der Waals surface area contributed by atoms with Crippen molar-refractivity contribution < 1.29 is 19.2 Å². The minimum Gasteiger partial charge on any atom is -0.336 e. The highest BCUT2D eigenvalue weighted by Crippen LogP contribution is 2.26. The van der Waals surface area contributed by atoms with Crippen LogP contribution in [0.5, 0.6) is 0 Å². The number of rotatable bonds is 8. The zero-order valence-corrected chi connectivity index (χ0v) is 19.1. The van der Waals surface area contributed by atoms with Gasteiger partial charge in [0.2, 0.25) is 11.8 Å². The highest BCUT2D eigenvalue weighted by Gasteiger charge is 2.35. The van der Waals surface area contributed by atoms with E-state index < -0.39 is 0 Å². The van der Waals surface area contributed by atoms with Crippen LogP contribution >= 0.6 is 15.9 Å². The van der Waals surface area contributed by atoms with E-state index in [0.717, 1.165) is 22.1 Å². The topological polar surface area (TPSA) is 86.8 Å². The van der Waals surface area contributed by atoms with Gasteiger partial charge in [0, 0.05) is 30.2 Å². The van der Waals surface area contributed by atoms with E-state index in [9.17, 15) is 19.2 Å². The first-order valence-electron chi connectivity index (χ1n) is 10.1. The van der Waals surface area contributed by atoms with Crippen LogP contribution < -0.4 is 5.32 Å². The number of carbonyl (C=O) groups is 4.